The Kier molecular flexibility index (Phi) is 6.54. The van der Waals surface area contributed by atoms with Gasteiger partial charge in [0, 0.05) is 45.3 Å². The maximum Gasteiger partial charge on any atom is 0.417 e. The maximum absolute atomic E-state index is 13.4. The predicted molar refractivity (Wildman–Crippen MR) is 121 cm³/mol. The monoisotopic (exact) mass is 476 g/mol. The smallest absolute Gasteiger partial charge is 0.371 e. The van der Waals surface area contributed by atoms with Crippen molar-refractivity contribution in [1.82, 2.24) is 9.80 Å². The Morgan fingerprint density at radius 1 is 1.15 bits per heavy atom. The molecule has 0 N–H and O–H groups in total. The van der Waals surface area contributed by atoms with E-state index in [4.69, 9.17) is 5.26 Å². The molecule has 9 heteroatoms. The van der Waals surface area contributed by atoms with Crippen LogP contribution in [0.15, 0.2) is 18.2 Å². The van der Waals surface area contributed by atoms with Crippen LogP contribution in [0.3, 0.4) is 0 Å². The molecule has 184 valence electrons. The summed E-state index contributed by atoms with van der Waals surface area (Å²) in [6.07, 6.45) is 1.22. The molecular formula is C25H31F3N4O2. The minimum Gasteiger partial charge on any atom is -0.371 e. The van der Waals surface area contributed by atoms with Gasteiger partial charge in [0.2, 0.25) is 11.8 Å². The number of alkyl halides is 3. The van der Waals surface area contributed by atoms with Crippen molar-refractivity contribution < 1.29 is 22.8 Å². The van der Waals surface area contributed by atoms with Gasteiger partial charge in [-0.25, -0.2) is 0 Å². The number of halogens is 3. The number of amides is 2. The van der Waals surface area contributed by atoms with E-state index < -0.39 is 17.8 Å². The first-order valence-electron chi connectivity index (χ1n) is 11.9. The lowest BCUT2D eigenvalue weighted by Crippen LogP contribution is -2.47. The molecule has 0 aromatic heterocycles. The fourth-order valence-corrected chi connectivity index (χ4v) is 5.88. The van der Waals surface area contributed by atoms with Gasteiger partial charge in [-0.1, -0.05) is 12.8 Å². The summed E-state index contributed by atoms with van der Waals surface area (Å²) in [5.41, 5.74) is -1.06. The highest BCUT2D eigenvalue weighted by Gasteiger charge is 2.51. The van der Waals surface area contributed by atoms with Crippen LogP contribution in [-0.2, 0) is 15.8 Å². The summed E-state index contributed by atoms with van der Waals surface area (Å²) in [5.74, 6) is 0.0126. The van der Waals surface area contributed by atoms with E-state index in [1.54, 1.807) is 36.0 Å². The van der Waals surface area contributed by atoms with Crippen molar-refractivity contribution >= 4 is 17.5 Å². The van der Waals surface area contributed by atoms with Crippen molar-refractivity contribution in [3.63, 3.8) is 0 Å². The first kappa shape index (κ1) is 24.4. The minimum atomic E-state index is -4.59. The van der Waals surface area contributed by atoms with Crippen molar-refractivity contribution in [1.29, 1.82) is 5.26 Å². The predicted octanol–water partition coefficient (Wildman–Crippen LogP) is 4.04. The Morgan fingerprint density at radius 3 is 2.35 bits per heavy atom. The summed E-state index contributed by atoms with van der Waals surface area (Å²) < 4.78 is 40.2. The number of piperidine rings is 1. The van der Waals surface area contributed by atoms with Gasteiger partial charge in [-0.15, -0.1) is 0 Å². The quantitative estimate of drug-likeness (QED) is 0.660. The summed E-state index contributed by atoms with van der Waals surface area (Å²) in [6.45, 7) is 1.61. The topological polar surface area (TPSA) is 67.7 Å². The van der Waals surface area contributed by atoms with Gasteiger partial charge in [-0.2, -0.15) is 18.4 Å². The third kappa shape index (κ3) is 4.59. The maximum atomic E-state index is 13.4. The molecule has 1 atom stereocenters. The van der Waals surface area contributed by atoms with Crippen molar-refractivity contribution in [3.05, 3.63) is 29.3 Å². The first-order chi connectivity index (χ1) is 16.0. The molecule has 0 radical (unpaired) electrons. The van der Waals surface area contributed by atoms with Crippen LogP contribution in [0.4, 0.5) is 18.9 Å². The third-order valence-electron chi connectivity index (χ3n) is 7.84. The summed E-state index contributed by atoms with van der Waals surface area (Å²) in [6, 6.07) is 5.00. The lowest BCUT2D eigenvalue weighted by atomic mass is 9.76. The van der Waals surface area contributed by atoms with Gasteiger partial charge in [-0.3, -0.25) is 9.59 Å². The Morgan fingerprint density at radius 2 is 1.79 bits per heavy atom. The second-order valence-electron chi connectivity index (χ2n) is 10.2. The minimum absolute atomic E-state index is 0.00728. The normalized spacial score (nSPS) is 22.8. The molecule has 3 aliphatic rings. The zero-order valence-electron chi connectivity index (χ0n) is 19.7. The molecule has 1 unspecified atom stereocenters. The molecule has 1 spiro atoms. The van der Waals surface area contributed by atoms with Gasteiger partial charge in [0.1, 0.15) is 6.04 Å². The average molecular weight is 477 g/mol. The Balaban J connectivity index is 1.51. The molecule has 2 aliphatic heterocycles. The van der Waals surface area contributed by atoms with Crippen LogP contribution in [0.2, 0.25) is 0 Å². The third-order valence-corrected chi connectivity index (χ3v) is 7.84. The number of hydrogen-bond acceptors (Lipinski definition) is 4. The molecule has 1 aliphatic carbocycles. The molecule has 0 bridgehead atoms. The van der Waals surface area contributed by atoms with Crippen molar-refractivity contribution in [2.45, 2.75) is 57.2 Å². The molecular weight excluding hydrogens is 445 g/mol. The average Bonchev–Trinajstić information content (AvgIpc) is 3.46. The van der Waals surface area contributed by atoms with Crippen LogP contribution >= 0.6 is 0 Å². The molecule has 1 aromatic rings. The summed E-state index contributed by atoms with van der Waals surface area (Å²) in [4.78, 5) is 31.5. The standard InChI is InChI=1S/C25H31F3N4O2/c1-30(2)23(34)21-14-24(16-32(21)22(33)17-5-3-4-6-17)9-11-31(12-10-24)19-8-7-18(15-29)20(13-19)25(26,27)28/h7-8,13,17,21H,3-6,9-12,14,16H2,1-2H3. The number of nitrogens with zero attached hydrogens (tertiary/aromatic N) is 4. The van der Waals surface area contributed by atoms with E-state index in [2.05, 4.69) is 0 Å². The van der Waals surface area contributed by atoms with Crippen molar-refractivity contribution in [2.24, 2.45) is 11.3 Å². The fourth-order valence-electron chi connectivity index (χ4n) is 5.88. The van der Waals surface area contributed by atoms with Gasteiger partial charge in [-0.05, 0) is 55.7 Å². The van der Waals surface area contributed by atoms with Crippen LogP contribution in [0.5, 0.6) is 0 Å². The van der Waals surface area contributed by atoms with Gasteiger partial charge >= 0.3 is 6.18 Å². The second kappa shape index (κ2) is 9.12. The number of carbonyl (C=O) groups is 2. The summed E-state index contributed by atoms with van der Waals surface area (Å²) in [7, 11) is 3.41. The van der Waals surface area contributed by atoms with Gasteiger partial charge in [0.25, 0.3) is 0 Å². The first-order valence-corrected chi connectivity index (χ1v) is 11.9. The van der Waals surface area contributed by atoms with E-state index in [0.717, 1.165) is 31.7 Å². The molecule has 34 heavy (non-hydrogen) atoms. The highest BCUT2D eigenvalue weighted by atomic mass is 19.4. The fraction of sp³-hybridized carbons (Fsp3) is 0.640. The summed E-state index contributed by atoms with van der Waals surface area (Å²) in [5, 5.41) is 9.05. The number of likely N-dealkylation sites (tertiary alicyclic amines) is 1. The van der Waals surface area contributed by atoms with E-state index >= 15 is 0 Å². The molecule has 6 nitrogen and oxygen atoms in total. The van der Waals surface area contributed by atoms with Crippen LogP contribution in [0, 0.1) is 22.7 Å². The van der Waals surface area contributed by atoms with Crippen molar-refractivity contribution in [3.8, 4) is 6.07 Å². The van der Waals surface area contributed by atoms with Crippen molar-refractivity contribution in [2.75, 3.05) is 38.6 Å². The molecule has 3 fully saturated rings. The zero-order valence-corrected chi connectivity index (χ0v) is 19.7. The van der Waals surface area contributed by atoms with E-state index in [1.807, 2.05) is 4.90 Å². The number of anilines is 1. The van der Waals surface area contributed by atoms with Crippen LogP contribution in [-0.4, -0.2) is 61.4 Å². The lowest BCUT2D eigenvalue weighted by molar-refractivity contribution is -0.144. The Labute approximate surface area is 198 Å². The van der Waals surface area contributed by atoms with Crippen LogP contribution in [0.25, 0.3) is 0 Å². The molecule has 2 saturated heterocycles. The van der Waals surface area contributed by atoms with E-state index in [9.17, 15) is 22.8 Å². The molecule has 2 amide bonds. The summed E-state index contributed by atoms with van der Waals surface area (Å²) >= 11 is 0. The van der Waals surface area contributed by atoms with E-state index in [0.29, 0.717) is 44.6 Å². The molecule has 1 aromatic carbocycles. The highest BCUT2D eigenvalue weighted by molar-refractivity contribution is 5.89. The second-order valence-corrected chi connectivity index (χ2v) is 10.2. The number of benzene rings is 1. The Hall–Kier alpha value is -2.76. The SMILES string of the molecule is CN(C)C(=O)C1CC2(CCN(c3ccc(C#N)c(C(F)(F)F)c3)CC2)CN1C(=O)C1CCCC1. The largest absolute Gasteiger partial charge is 0.417 e. The van der Waals surface area contributed by atoms with E-state index in [1.165, 1.54) is 6.07 Å². The molecule has 2 heterocycles. The van der Waals surface area contributed by atoms with Crippen LogP contribution < -0.4 is 4.90 Å². The van der Waals surface area contributed by atoms with Gasteiger partial charge < -0.3 is 14.7 Å². The number of carbonyl (C=O) groups excluding carboxylic acids is 2. The highest BCUT2D eigenvalue weighted by Crippen LogP contribution is 2.46. The van der Waals surface area contributed by atoms with Gasteiger partial charge in [0.15, 0.2) is 0 Å². The molecule has 4 rings (SSSR count). The van der Waals surface area contributed by atoms with Gasteiger partial charge in [0.05, 0.1) is 17.2 Å². The number of nitriles is 1. The lowest BCUT2D eigenvalue weighted by Gasteiger charge is -2.40. The zero-order chi connectivity index (χ0) is 24.7. The number of rotatable bonds is 3. The van der Waals surface area contributed by atoms with E-state index in [-0.39, 0.29) is 28.7 Å². The Bertz CT molecular complexity index is 987. The van der Waals surface area contributed by atoms with Crippen LogP contribution in [0.1, 0.15) is 56.1 Å². The number of hydrogen-bond donors (Lipinski definition) is 0. The number of likely N-dealkylation sites (N-methyl/N-ethyl adjacent to an activating group) is 1. The molecule has 1 saturated carbocycles.